The summed E-state index contributed by atoms with van der Waals surface area (Å²) >= 11 is 0. The molecule has 2 N–H and O–H groups in total. The van der Waals surface area contributed by atoms with Crippen LogP contribution in [0.1, 0.15) is 35.9 Å². The van der Waals surface area contributed by atoms with Gasteiger partial charge in [-0.1, -0.05) is 18.2 Å². The van der Waals surface area contributed by atoms with Crippen LogP contribution in [0.25, 0.3) is 0 Å². The maximum absolute atomic E-state index is 13.7. The molecule has 0 bridgehead atoms. The number of methoxy groups -OCH3 is 3. The van der Waals surface area contributed by atoms with Gasteiger partial charge in [-0.25, -0.2) is 0 Å². The quantitative estimate of drug-likeness (QED) is 0.552. The van der Waals surface area contributed by atoms with E-state index in [1.807, 2.05) is 54.7 Å². The minimum atomic E-state index is -0.284. The van der Waals surface area contributed by atoms with Crippen LogP contribution in [0.2, 0.25) is 0 Å². The molecule has 2 unspecified atom stereocenters. The van der Waals surface area contributed by atoms with Crippen LogP contribution in [0, 0.1) is 0 Å². The van der Waals surface area contributed by atoms with E-state index in [0.717, 1.165) is 33.8 Å². The molecule has 7 heteroatoms. The second-order valence-corrected chi connectivity index (χ2v) is 8.41. The molecule has 1 aromatic heterocycles. The van der Waals surface area contributed by atoms with Crippen molar-refractivity contribution >= 4 is 17.2 Å². The van der Waals surface area contributed by atoms with Crippen molar-refractivity contribution in [3.05, 3.63) is 83.3 Å². The molecular formula is C27H27N3O4. The molecule has 1 aliphatic heterocycles. The van der Waals surface area contributed by atoms with Gasteiger partial charge in [0.25, 0.3) is 0 Å². The van der Waals surface area contributed by atoms with Crippen LogP contribution < -0.4 is 24.8 Å². The second kappa shape index (κ2) is 9.09. The smallest absolute Gasteiger partial charge is 0.203 e. The number of hydrogen-bond donors (Lipinski definition) is 2. The SMILES string of the molecule is COc1cc(C2CC(=O)C3=C(C2)Nc2ccccc2NC3c2cccnc2)cc(OC)c1OC. The van der Waals surface area contributed by atoms with E-state index in [-0.39, 0.29) is 17.7 Å². The van der Waals surface area contributed by atoms with Gasteiger partial charge >= 0.3 is 0 Å². The van der Waals surface area contributed by atoms with Gasteiger partial charge in [0.15, 0.2) is 17.3 Å². The van der Waals surface area contributed by atoms with Crippen molar-refractivity contribution in [2.45, 2.75) is 24.8 Å². The Balaban J connectivity index is 1.59. The van der Waals surface area contributed by atoms with Crippen molar-refractivity contribution < 1.29 is 19.0 Å². The van der Waals surface area contributed by atoms with E-state index in [0.29, 0.717) is 30.1 Å². The Morgan fingerprint density at radius 2 is 1.62 bits per heavy atom. The zero-order chi connectivity index (χ0) is 23.7. The number of Topliss-reactive ketones (excluding diaryl/α,β-unsaturated/α-hetero) is 1. The zero-order valence-corrected chi connectivity index (χ0v) is 19.4. The van der Waals surface area contributed by atoms with Crippen LogP contribution in [0.5, 0.6) is 17.2 Å². The van der Waals surface area contributed by atoms with E-state index in [1.54, 1.807) is 27.5 Å². The summed E-state index contributed by atoms with van der Waals surface area (Å²) in [5.74, 6) is 1.77. The molecule has 5 rings (SSSR count). The Morgan fingerprint density at radius 3 is 2.26 bits per heavy atom. The van der Waals surface area contributed by atoms with Crippen LogP contribution >= 0.6 is 0 Å². The Bertz CT molecular complexity index is 1230. The lowest BCUT2D eigenvalue weighted by molar-refractivity contribution is -0.116. The Kier molecular flexibility index (Phi) is 5.84. The number of ether oxygens (including phenoxy) is 3. The molecule has 3 aromatic rings. The van der Waals surface area contributed by atoms with Gasteiger partial charge < -0.3 is 24.8 Å². The molecule has 0 radical (unpaired) electrons. The molecule has 0 amide bonds. The lowest BCUT2D eigenvalue weighted by Gasteiger charge is -2.30. The number of aromatic nitrogens is 1. The Labute approximate surface area is 198 Å². The minimum absolute atomic E-state index is 0.0349. The lowest BCUT2D eigenvalue weighted by atomic mass is 9.78. The molecule has 0 saturated carbocycles. The first-order chi connectivity index (χ1) is 16.6. The third-order valence-corrected chi connectivity index (χ3v) is 6.49. The fourth-order valence-corrected chi connectivity index (χ4v) is 4.86. The number of benzene rings is 2. The third kappa shape index (κ3) is 3.83. The van der Waals surface area contributed by atoms with Gasteiger partial charge in [0.05, 0.1) is 38.7 Å². The summed E-state index contributed by atoms with van der Waals surface area (Å²) in [6.45, 7) is 0. The summed E-state index contributed by atoms with van der Waals surface area (Å²) < 4.78 is 16.6. The Morgan fingerprint density at radius 1 is 0.882 bits per heavy atom. The molecule has 2 atom stereocenters. The predicted molar refractivity (Wildman–Crippen MR) is 131 cm³/mol. The van der Waals surface area contributed by atoms with E-state index in [9.17, 15) is 4.79 Å². The van der Waals surface area contributed by atoms with E-state index >= 15 is 0 Å². The number of rotatable bonds is 5. The van der Waals surface area contributed by atoms with Gasteiger partial charge in [0.2, 0.25) is 5.75 Å². The molecule has 2 aromatic carbocycles. The van der Waals surface area contributed by atoms with Crippen LogP contribution in [0.15, 0.2) is 72.2 Å². The fourth-order valence-electron chi connectivity index (χ4n) is 4.86. The number of para-hydroxylation sites is 2. The average molecular weight is 458 g/mol. The van der Waals surface area contributed by atoms with E-state index < -0.39 is 0 Å². The molecule has 7 nitrogen and oxygen atoms in total. The monoisotopic (exact) mass is 457 g/mol. The fraction of sp³-hybridized carbons (Fsp3) is 0.259. The summed E-state index contributed by atoms with van der Waals surface area (Å²) in [5.41, 5.74) is 5.49. The van der Waals surface area contributed by atoms with Crippen LogP contribution in [0.3, 0.4) is 0 Å². The van der Waals surface area contributed by atoms with Gasteiger partial charge in [-0.15, -0.1) is 0 Å². The summed E-state index contributed by atoms with van der Waals surface area (Å²) in [5, 5.41) is 7.13. The third-order valence-electron chi connectivity index (χ3n) is 6.49. The number of fused-ring (bicyclic) bond motifs is 1. The summed E-state index contributed by atoms with van der Waals surface area (Å²) in [4.78, 5) is 18.0. The van der Waals surface area contributed by atoms with Crippen molar-refractivity contribution in [3.8, 4) is 17.2 Å². The summed E-state index contributed by atoms with van der Waals surface area (Å²) in [7, 11) is 4.78. The molecular weight excluding hydrogens is 430 g/mol. The van der Waals surface area contributed by atoms with Gasteiger partial charge in [0, 0.05) is 30.1 Å². The number of ketones is 1. The first kappa shape index (κ1) is 21.8. The minimum Gasteiger partial charge on any atom is -0.493 e. The first-order valence-corrected chi connectivity index (χ1v) is 11.2. The van der Waals surface area contributed by atoms with Crippen LogP contribution in [-0.4, -0.2) is 32.1 Å². The van der Waals surface area contributed by atoms with Gasteiger partial charge in [-0.3, -0.25) is 9.78 Å². The maximum atomic E-state index is 13.7. The molecule has 0 spiro atoms. The topological polar surface area (TPSA) is 81.7 Å². The van der Waals surface area contributed by atoms with Crippen molar-refractivity contribution in [3.63, 3.8) is 0 Å². The van der Waals surface area contributed by atoms with E-state index in [2.05, 4.69) is 15.6 Å². The summed E-state index contributed by atoms with van der Waals surface area (Å²) in [6, 6.07) is 15.5. The average Bonchev–Trinajstić information content (AvgIpc) is 3.05. The number of pyridine rings is 1. The number of hydrogen-bond acceptors (Lipinski definition) is 7. The number of nitrogens with zero attached hydrogens (tertiary/aromatic N) is 1. The van der Waals surface area contributed by atoms with Crippen molar-refractivity contribution in [1.82, 2.24) is 4.98 Å². The van der Waals surface area contributed by atoms with E-state index in [4.69, 9.17) is 14.2 Å². The number of nitrogens with one attached hydrogen (secondary N) is 2. The predicted octanol–water partition coefficient (Wildman–Crippen LogP) is 5.09. The highest BCUT2D eigenvalue weighted by Gasteiger charge is 2.36. The largest absolute Gasteiger partial charge is 0.493 e. The number of anilines is 2. The van der Waals surface area contributed by atoms with Crippen LogP contribution in [0.4, 0.5) is 11.4 Å². The highest BCUT2D eigenvalue weighted by atomic mass is 16.5. The molecule has 34 heavy (non-hydrogen) atoms. The molecule has 174 valence electrons. The van der Waals surface area contributed by atoms with Gasteiger partial charge in [-0.05, 0) is 53.8 Å². The molecule has 2 heterocycles. The maximum Gasteiger partial charge on any atom is 0.203 e. The van der Waals surface area contributed by atoms with Gasteiger partial charge in [0.1, 0.15) is 0 Å². The highest BCUT2D eigenvalue weighted by molar-refractivity contribution is 6.01. The molecule has 0 saturated heterocycles. The second-order valence-electron chi connectivity index (χ2n) is 8.41. The lowest BCUT2D eigenvalue weighted by Crippen LogP contribution is -2.27. The normalized spacial score (nSPS) is 19.2. The van der Waals surface area contributed by atoms with E-state index in [1.165, 1.54) is 0 Å². The number of carbonyl (C=O) groups excluding carboxylic acids is 1. The summed E-state index contributed by atoms with van der Waals surface area (Å²) in [6.07, 6.45) is 4.61. The highest BCUT2D eigenvalue weighted by Crippen LogP contribution is 2.47. The number of allylic oxidation sites excluding steroid dienone is 1. The zero-order valence-electron chi connectivity index (χ0n) is 19.4. The molecule has 2 aliphatic rings. The first-order valence-electron chi connectivity index (χ1n) is 11.2. The van der Waals surface area contributed by atoms with Crippen molar-refractivity contribution in [1.29, 1.82) is 0 Å². The molecule has 1 aliphatic carbocycles. The van der Waals surface area contributed by atoms with Crippen molar-refractivity contribution in [2.75, 3.05) is 32.0 Å². The Hall–Kier alpha value is -4.00. The number of carbonyl (C=O) groups is 1. The van der Waals surface area contributed by atoms with Gasteiger partial charge in [-0.2, -0.15) is 0 Å². The molecule has 0 fully saturated rings. The standard InChI is InChI=1S/C27H27N3O4/c1-32-23-13-18(14-24(33-2)27(23)34-3)17-11-21-25(22(31)12-17)26(16-7-6-10-28-15-16)30-20-9-5-4-8-19(20)29-21/h4-10,13-15,17,26,29-30H,11-12H2,1-3H3. The van der Waals surface area contributed by atoms with Crippen molar-refractivity contribution in [2.24, 2.45) is 0 Å². The van der Waals surface area contributed by atoms with Crippen LogP contribution in [-0.2, 0) is 4.79 Å².